The number of nitrogens with one attached hydrogen (secondary N) is 1. The summed E-state index contributed by atoms with van der Waals surface area (Å²) in [7, 11) is 1.22. The molecule has 26 heavy (non-hydrogen) atoms. The van der Waals surface area contributed by atoms with Crippen LogP contribution in [-0.2, 0) is 25.4 Å². The number of hydrogen-bond donors (Lipinski definition) is 1. The molecule has 8 heteroatoms. The first-order valence-corrected chi connectivity index (χ1v) is 7.66. The summed E-state index contributed by atoms with van der Waals surface area (Å²) in [5.41, 5.74) is 0.705. The van der Waals surface area contributed by atoms with Gasteiger partial charge in [-0.2, -0.15) is 0 Å². The van der Waals surface area contributed by atoms with Crippen LogP contribution in [0.4, 0.5) is 9.59 Å². The van der Waals surface area contributed by atoms with Crippen LogP contribution in [0, 0.1) is 0 Å². The zero-order valence-electron chi connectivity index (χ0n) is 14.4. The highest BCUT2D eigenvalue weighted by atomic mass is 16.7. The van der Waals surface area contributed by atoms with Gasteiger partial charge in [0.05, 0.1) is 7.11 Å². The molecule has 0 aliphatic heterocycles. The summed E-state index contributed by atoms with van der Waals surface area (Å²) in [6.07, 6.45) is 1.38. The Bertz CT molecular complexity index is 639. The van der Waals surface area contributed by atoms with Crippen molar-refractivity contribution < 1.29 is 33.3 Å². The van der Waals surface area contributed by atoms with Crippen LogP contribution in [-0.4, -0.2) is 44.6 Å². The fourth-order valence-corrected chi connectivity index (χ4v) is 1.84. The molecular formula is C18H21NO7. The maximum Gasteiger partial charge on any atom is 0.514 e. The molecule has 0 fully saturated rings. The van der Waals surface area contributed by atoms with Crippen LogP contribution in [0.5, 0.6) is 5.75 Å². The smallest absolute Gasteiger partial charge is 0.467 e. The highest BCUT2D eigenvalue weighted by Gasteiger charge is 2.22. The van der Waals surface area contributed by atoms with Gasteiger partial charge >= 0.3 is 18.2 Å². The fraction of sp³-hybridized carbons (Fsp3) is 0.278. The lowest BCUT2D eigenvalue weighted by Gasteiger charge is -2.16. The second-order valence-corrected chi connectivity index (χ2v) is 4.91. The quantitative estimate of drug-likeness (QED) is 0.311. The molecule has 1 rings (SSSR count). The van der Waals surface area contributed by atoms with E-state index in [9.17, 15) is 14.4 Å². The molecule has 0 unspecified atom stereocenters. The van der Waals surface area contributed by atoms with Crippen LogP contribution in [0.25, 0.3) is 0 Å². The van der Waals surface area contributed by atoms with Crippen LogP contribution in [0.1, 0.15) is 5.56 Å². The first-order chi connectivity index (χ1) is 12.5. The Morgan fingerprint density at radius 1 is 1.08 bits per heavy atom. The first kappa shape index (κ1) is 20.8. The third-order valence-electron chi connectivity index (χ3n) is 2.99. The standard InChI is InChI=1S/C18H21NO7/c1-4-10-24-17(21)19-15(16(20)23-3)12-13-6-8-14(9-7-13)26-18(22)25-11-5-2/h4-9,15H,1-2,10-12H2,3H3,(H,19,21)/t15-/m0/s1. The van der Waals surface area contributed by atoms with E-state index in [0.29, 0.717) is 5.56 Å². The van der Waals surface area contributed by atoms with Crippen LogP contribution in [0.3, 0.4) is 0 Å². The molecule has 140 valence electrons. The van der Waals surface area contributed by atoms with Gasteiger partial charge in [0, 0.05) is 6.42 Å². The number of hydrogen-bond acceptors (Lipinski definition) is 7. The largest absolute Gasteiger partial charge is 0.514 e. The average molecular weight is 363 g/mol. The summed E-state index contributed by atoms with van der Waals surface area (Å²) in [6, 6.07) is 5.43. The molecular weight excluding hydrogens is 342 g/mol. The maximum atomic E-state index is 11.8. The lowest BCUT2D eigenvalue weighted by Crippen LogP contribution is -2.43. The topological polar surface area (TPSA) is 100 Å². The highest BCUT2D eigenvalue weighted by molar-refractivity contribution is 5.81. The minimum atomic E-state index is -0.929. The zero-order chi connectivity index (χ0) is 19.4. The van der Waals surface area contributed by atoms with Crippen LogP contribution < -0.4 is 10.1 Å². The number of ether oxygens (including phenoxy) is 4. The second-order valence-electron chi connectivity index (χ2n) is 4.91. The van der Waals surface area contributed by atoms with E-state index < -0.39 is 24.3 Å². The average Bonchev–Trinajstić information content (AvgIpc) is 2.65. The molecule has 0 saturated carbocycles. The number of amides is 1. The fourth-order valence-electron chi connectivity index (χ4n) is 1.84. The normalized spacial score (nSPS) is 10.8. The van der Waals surface area contributed by atoms with E-state index in [1.165, 1.54) is 31.4 Å². The summed E-state index contributed by atoms with van der Waals surface area (Å²) in [6.45, 7) is 6.92. The SMILES string of the molecule is C=CCOC(=O)N[C@@H](Cc1ccc(OC(=O)OCC=C)cc1)C(=O)OC. The van der Waals surface area contributed by atoms with E-state index in [0.717, 1.165) is 0 Å². The lowest BCUT2D eigenvalue weighted by molar-refractivity contribution is -0.142. The summed E-state index contributed by atoms with van der Waals surface area (Å²) in [5.74, 6) is -0.343. The molecule has 1 amide bonds. The minimum absolute atomic E-state index is 0.0215. The maximum absolute atomic E-state index is 11.8. The first-order valence-electron chi connectivity index (χ1n) is 7.66. The van der Waals surface area contributed by atoms with E-state index in [1.54, 1.807) is 12.1 Å². The zero-order valence-corrected chi connectivity index (χ0v) is 14.4. The molecule has 1 aromatic rings. The lowest BCUT2D eigenvalue weighted by atomic mass is 10.1. The molecule has 1 aromatic carbocycles. The van der Waals surface area contributed by atoms with Gasteiger partial charge in [0.15, 0.2) is 0 Å². The number of esters is 1. The van der Waals surface area contributed by atoms with Gasteiger partial charge in [-0.05, 0) is 17.7 Å². The molecule has 0 aromatic heterocycles. The van der Waals surface area contributed by atoms with Crippen molar-refractivity contribution in [3.8, 4) is 5.75 Å². The molecule has 1 atom stereocenters. The van der Waals surface area contributed by atoms with Crippen molar-refractivity contribution in [1.29, 1.82) is 0 Å². The molecule has 8 nitrogen and oxygen atoms in total. The Kier molecular flexibility index (Phi) is 9.02. The van der Waals surface area contributed by atoms with Crippen molar-refractivity contribution >= 4 is 18.2 Å². The van der Waals surface area contributed by atoms with Crippen molar-refractivity contribution in [2.24, 2.45) is 0 Å². The summed E-state index contributed by atoms with van der Waals surface area (Å²) < 4.78 is 19.1. The van der Waals surface area contributed by atoms with Crippen molar-refractivity contribution in [2.75, 3.05) is 20.3 Å². The van der Waals surface area contributed by atoms with E-state index in [1.807, 2.05) is 0 Å². The van der Waals surface area contributed by atoms with Gasteiger partial charge in [0.1, 0.15) is 25.0 Å². The minimum Gasteiger partial charge on any atom is -0.467 e. The monoisotopic (exact) mass is 363 g/mol. The van der Waals surface area contributed by atoms with E-state index in [2.05, 4.69) is 23.2 Å². The predicted octanol–water partition coefficient (Wildman–Crippen LogP) is 2.38. The van der Waals surface area contributed by atoms with E-state index in [-0.39, 0.29) is 25.4 Å². The number of carbonyl (C=O) groups is 3. The van der Waals surface area contributed by atoms with Gasteiger partial charge < -0.3 is 24.3 Å². The summed E-state index contributed by atoms with van der Waals surface area (Å²) >= 11 is 0. The Labute approximate surface area is 151 Å². The van der Waals surface area contributed by atoms with Crippen molar-refractivity contribution in [2.45, 2.75) is 12.5 Å². The Balaban J connectivity index is 2.68. The Hall–Kier alpha value is -3.29. The number of carbonyl (C=O) groups excluding carboxylic acids is 3. The van der Waals surface area contributed by atoms with Gasteiger partial charge in [-0.1, -0.05) is 37.4 Å². The molecule has 0 spiro atoms. The molecule has 1 N–H and O–H groups in total. The molecule has 0 saturated heterocycles. The number of rotatable bonds is 9. The predicted molar refractivity (Wildman–Crippen MR) is 92.8 cm³/mol. The third kappa shape index (κ3) is 7.52. The Morgan fingerprint density at radius 2 is 1.69 bits per heavy atom. The van der Waals surface area contributed by atoms with Crippen molar-refractivity contribution in [3.63, 3.8) is 0 Å². The van der Waals surface area contributed by atoms with Gasteiger partial charge in [-0.15, -0.1) is 0 Å². The molecule has 0 aliphatic rings. The van der Waals surface area contributed by atoms with Crippen molar-refractivity contribution in [3.05, 3.63) is 55.1 Å². The highest BCUT2D eigenvalue weighted by Crippen LogP contribution is 2.14. The molecule has 0 bridgehead atoms. The van der Waals surface area contributed by atoms with E-state index in [4.69, 9.17) is 14.2 Å². The Morgan fingerprint density at radius 3 is 2.27 bits per heavy atom. The van der Waals surface area contributed by atoms with Gasteiger partial charge in [0.2, 0.25) is 0 Å². The van der Waals surface area contributed by atoms with E-state index >= 15 is 0 Å². The van der Waals surface area contributed by atoms with Gasteiger partial charge in [0.25, 0.3) is 0 Å². The second kappa shape index (κ2) is 11.3. The third-order valence-corrected chi connectivity index (χ3v) is 2.99. The van der Waals surface area contributed by atoms with Crippen LogP contribution >= 0.6 is 0 Å². The summed E-state index contributed by atoms with van der Waals surface area (Å²) in [5, 5.41) is 2.42. The van der Waals surface area contributed by atoms with Crippen LogP contribution in [0.2, 0.25) is 0 Å². The number of alkyl carbamates (subject to hydrolysis) is 1. The summed E-state index contributed by atoms with van der Waals surface area (Å²) in [4.78, 5) is 34.8. The van der Waals surface area contributed by atoms with Gasteiger partial charge in [-0.25, -0.2) is 14.4 Å². The van der Waals surface area contributed by atoms with Crippen molar-refractivity contribution in [1.82, 2.24) is 5.32 Å². The molecule has 0 heterocycles. The van der Waals surface area contributed by atoms with Crippen LogP contribution in [0.15, 0.2) is 49.6 Å². The van der Waals surface area contributed by atoms with Gasteiger partial charge in [-0.3, -0.25) is 0 Å². The number of methoxy groups -OCH3 is 1. The molecule has 0 aliphatic carbocycles. The molecule has 0 radical (unpaired) electrons. The number of benzene rings is 1.